The van der Waals surface area contributed by atoms with Gasteiger partial charge in [0.15, 0.2) is 0 Å². The van der Waals surface area contributed by atoms with Gasteiger partial charge in [0.2, 0.25) is 5.16 Å². The molecule has 0 aliphatic rings. The van der Waals surface area contributed by atoms with Gasteiger partial charge in [0.1, 0.15) is 11.8 Å². The van der Waals surface area contributed by atoms with E-state index in [9.17, 15) is 0 Å². The number of hydrogen-bond acceptors (Lipinski definition) is 6. The molecule has 6 nitrogen and oxygen atoms in total. The van der Waals surface area contributed by atoms with Gasteiger partial charge < -0.3 is 0 Å². The maximum Gasteiger partial charge on any atom is 0.214 e. The highest BCUT2D eigenvalue weighted by molar-refractivity contribution is 7.98. The van der Waals surface area contributed by atoms with Crippen LogP contribution in [0.15, 0.2) is 53.8 Å². The lowest BCUT2D eigenvalue weighted by molar-refractivity contribution is 0.756. The minimum atomic E-state index is 0.413. The standard InChI is InChI=1S/C14H10N6S/c15-9-12-8-11(6-7-16-12)10-21-14-17-18-19-20(14)13-4-2-1-3-5-13/h1-8H,10H2. The first kappa shape index (κ1) is 13.3. The van der Waals surface area contributed by atoms with Crippen LogP contribution in [0.1, 0.15) is 11.3 Å². The highest BCUT2D eigenvalue weighted by atomic mass is 32.2. The van der Waals surface area contributed by atoms with Crippen LogP contribution in [0.2, 0.25) is 0 Å². The molecule has 102 valence electrons. The van der Waals surface area contributed by atoms with Gasteiger partial charge in [-0.1, -0.05) is 30.0 Å². The molecule has 0 atom stereocenters. The summed E-state index contributed by atoms with van der Waals surface area (Å²) in [7, 11) is 0. The number of thioether (sulfide) groups is 1. The lowest BCUT2D eigenvalue weighted by atomic mass is 10.2. The van der Waals surface area contributed by atoms with Crippen molar-refractivity contribution in [2.24, 2.45) is 0 Å². The van der Waals surface area contributed by atoms with Crippen LogP contribution < -0.4 is 0 Å². The number of rotatable bonds is 4. The monoisotopic (exact) mass is 294 g/mol. The molecule has 0 bridgehead atoms. The second-order valence-electron chi connectivity index (χ2n) is 4.16. The first-order chi connectivity index (χ1) is 10.4. The number of pyridine rings is 1. The van der Waals surface area contributed by atoms with E-state index in [-0.39, 0.29) is 0 Å². The van der Waals surface area contributed by atoms with Gasteiger partial charge in [0, 0.05) is 11.9 Å². The summed E-state index contributed by atoms with van der Waals surface area (Å²) in [5.41, 5.74) is 2.34. The summed E-state index contributed by atoms with van der Waals surface area (Å²) >= 11 is 1.51. The van der Waals surface area contributed by atoms with Crippen LogP contribution in [0.25, 0.3) is 5.69 Å². The molecule has 1 aromatic carbocycles. The number of hydrogen-bond donors (Lipinski definition) is 0. The Labute approximate surface area is 125 Å². The van der Waals surface area contributed by atoms with Crippen molar-refractivity contribution in [2.45, 2.75) is 10.9 Å². The van der Waals surface area contributed by atoms with Crippen molar-refractivity contribution in [3.8, 4) is 11.8 Å². The summed E-state index contributed by atoms with van der Waals surface area (Å²) in [5.74, 6) is 0.671. The number of tetrazole rings is 1. The molecule has 0 fully saturated rings. The van der Waals surface area contributed by atoms with Crippen molar-refractivity contribution in [1.82, 2.24) is 25.2 Å². The zero-order valence-corrected chi connectivity index (χ0v) is 11.7. The molecule has 3 aromatic rings. The SMILES string of the molecule is N#Cc1cc(CSc2nnnn2-c2ccccc2)ccn1. The van der Waals surface area contributed by atoms with Gasteiger partial charge in [-0.05, 0) is 40.3 Å². The Bertz CT molecular complexity index is 777. The maximum absolute atomic E-state index is 8.85. The van der Waals surface area contributed by atoms with Gasteiger partial charge in [-0.15, -0.1) is 5.10 Å². The Hall–Kier alpha value is -2.72. The van der Waals surface area contributed by atoms with Crippen molar-refractivity contribution in [2.75, 3.05) is 0 Å². The smallest absolute Gasteiger partial charge is 0.214 e. The highest BCUT2D eigenvalue weighted by Gasteiger charge is 2.09. The van der Waals surface area contributed by atoms with Crippen molar-refractivity contribution in [3.05, 3.63) is 59.9 Å². The largest absolute Gasteiger partial charge is 0.246 e. The van der Waals surface area contributed by atoms with Gasteiger partial charge >= 0.3 is 0 Å². The summed E-state index contributed by atoms with van der Waals surface area (Å²) in [5, 5.41) is 21.3. The Balaban J connectivity index is 1.78. The van der Waals surface area contributed by atoms with Crippen molar-refractivity contribution >= 4 is 11.8 Å². The fraction of sp³-hybridized carbons (Fsp3) is 0.0714. The van der Waals surface area contributed by atoms with Crippen molar-refractivity contribution in [3.63, 3.8) is 0 Å². The number of nitriles is 1. The third-order valence-electron chi connectivity index (χ3n) is 2.75. The zero-order chi connectivity index (χ0) is 14.5. The number of para-hydroxylation sites is 1. The van der Waals surface area contributed by atoms with E-state index < -0.39 is 0 Å². The Morgan fingerprint density at radius 3 is 2.86 bits per heavy atom. The Morgan fingerprint density at radius 1 is 1.19 bits per heavy atom. The van der Waals surface area contributed by atoms with E-state index in [0.29, 0.717) is 16.6 Å². The first-order valence-corrected chi connectivity index (χ1v) is 7.17. The third-order valence-corrected chi connectivity index (χ3v) is 3.74. The first-order valence-electron chi connectivity index (χ1n) is 6.18. The van der Waals surface area contributed by atoms with Gasteiger partial charge in [-0.3, -0.25) is 0 Å². The minimum Gasteiger partial charge on any atom is -0.246 e. The van der Waals surface area contributed by atoms with Gasteiger partial charge in [-0.25, -0.2) is 4.98 Å². The van der Waals surface area contributed by atoms with E-state index >= 15 is 0 Å². The van der Waals surface area contributed by atoms with Crippen LogP contribution in [0.4, 0.5) is 0 Å². The normalized spacial score (nSPS) is 10.2. The maximum atomic E-state index is 8.85. The molecule has 0 saturated heterocycles. The molecule has 3 rings (SSSR count). The van der Waals surface area contributed by atoms with E-state index in [1.165, 1.54) is 11.8 Å². The summed E-state index contributed by atoms with van der Waals surface area (Å²) in [6, 6.07) is 15.4. The molecule has 7 heteroatoms. The minimum absolute atomic E-state index is 0.413. The fourth-order valence-corrected chi connectivity index (χ4v) is 2.61. The van der Waals surface area contributed by atoms with E-state index in [1.807, 2.05) is 42.5 Å². The molecule has 0 amide bonds. The van der Waals surface area contributed by atoms with E-state index in [1.54, 1.807) is 16.9 Å². The Morgan fingerprint density at radius 2 is 2.05 bits per heavy atom. The third kappa shape index (κ3) is 3.07. The van der Waals surface area contributed by atoms with E-state index in [4.69, 9.17) is 5.26 Å². The van der Waals surface area contributed by atoms with Crippen LogP contribution in [0.3, 0.4) is 0 Å². The molecule has 0 spiro atoms. The lowest BCUT2D eigenvalue weighted by Gasteiger charge is -2.04. The van der Waals surface area contributed by atoms with Crippen LogP contribution in [-0.4, -0.2) is 25.2 Å². The highest BCUT2D eigenvalue weighted by Crippen LogP contribution is 2.22. The average Bonchev–Trinajstić information content (AvgIpc) is 3.02. The predicted molar refractivity (Wildman–Crippen MR) is 77.7 cm³/mol. The topological polar surface area (TPSA) is 80.3 Å². The summed E-state index contributed by atoms with van der Waals surface area (Å²) in [4.78, 5) is 3.95. The van der Waals surface area contributed by atoms with Crippen LogP contribution >= 0.6 is 11.8 Å². The molecule has 0 unspecified atom stereocenters. The van der Waals surface area contributed by atoms with E-state index in [0.717, 1.165) is 11.3 Å². The lowest BCUT2D eigenvalue weighted by Crippen LogP contribution is -1.98. The number of benzene rings is 1. The molecule has 0 radical (unpaired) electrons. The molecule has 0 aliphatic heterocycles. The molecule has 21 heavy (non-hydrogen) atoms. The average molecular weight is 294 g/mol. The predicted octanol–water partition coefficient (Wildman–Crippen LogP) is 2.22. The molecule has 2 aromatic heterocycles. The molecule has 0 aliphatic carbocycles. The molecular formula is C14H10N6S. The summed E-state index contributed by atoms with van der Waals surface area (Å²) < 4.78 is 1.69. The van der Waals surface area contributed by atoms with Gasteiger partial charge in [0.05, 0.1) is 5.69 Å². The van der Waals surface area contributed by atoms with E-state index in [2.05, 4.69) is 20.5 Å². The Kier molecular flexibility index (Phi) is 3.89. The second kappa shape index (κ2) is 6.15. The second-order valence-corrected chi connectivity index (χ2v) is 5.10. The van der Waals surface area contributed by atoms with Crippen molar-refractivity contribution in [1.29, 1.82) is 5.26 Å². The van der Waals surface area contributed by atoms with Crippen LogP contribution in [-0.2, 0) is 5.75 Å². The van der Waals surface area contributed by atoms with Gasteiger partial charge in [-0.2, -0.15) is 9.94 Å². The molecule has 0 saturated carbocycles. The van der Waals surface area contributed by atoms with Crippen LogP contribution in [0, 0.1) is 11.3 Å². The molecule has 2 heterocycles. The number of aromatic nitrogens is 5. The van der Waals surface area contributed by atoms with Crippen molar-refractivity contribution < 1.29 is 0 Å². The number of nitrogens with zero attached hydrogens (tertiary/aromatic N) is 6. The summed E-state index contributed by atoms with van der Waals surface area (Å²) in [6.07, 6.45) is 1.63. The molecule has 0 N–H and O–H groups in total. The summed E-state index contributed by atoms with van der Waals surface area (Å²) in [6.45, 7) is 0. The molecular weight excluding hydrogens is 284 g/mol. The zero-order valence-electron chi connectivity index (χ0n) is 10.9. The van der Waals surface area contributed by atoms with Gasteiger partial charge in [0.25, 0.3) is 0 Å². The fourth-order valence-electron chi connectivity index (χ4n) is 1.77. The van der Waals surface area contributed by atoms with Crippen LogP contribution in [0.5, 0.6) is 0 Å². The quantitative estimate of drug-likeness (QED) is 0.686.